The van der Waals surface area contributed by atoms with Crippen molar-refractivity contribution >= 4 is 0 Å². The Bertz CT molecular complexity index is 551. The van der Waals surface area contributed by atoms with Gasteiger partial charge in [-0.1, -0.05) is 48.9 Å². The molecule has 2 aromatic carbocycles. The Morgan fingerprint density at radius 2 is 1.90 bits per heavy atom. The number of aryl methyl sites for hydroxylation is 1. The molecule has 0 heterocycles. The molecule has 0 aliphatic heterocycles. The molecule has 2 heteroatoms. The van der Waals surface area contributed by atoms with Gasteiger partial charge in [0.1, 0.15) is 5.82 Å². The van der Waals surface area contributed by atoms with Crippen molar-refractivity contribution in [3.05, 3.63) is 71.0 Å². The summed E-state index contributed by atoms with van der Waals surface area (Å²) in [5.41, 5.74) is 3.63. The van der Waals surface area contributed by atoms with Crippen LogP contribution >= 0.6 is 0 Å². The number of nitrogens with one attached hydrogen (secondary N) is 1. The molecule has 0 spiro atoms. The van der Waals surface area contributed by atoms with E-state index in [9.17, 15) is 4.39 Å². The Morgan fingerprint density at radius 3 is 2.60 bits per heavy atom. The van der Waals surface area contributed by atoms with Crippen LogP contribution in [-0.4, -0.2) is 13.1 Å². The number of hydrogen-bond acceptors (Lipinski definition) is 1. The molecule has 0 saturated heterocycles. The first-order valence-electron chi connectivity index (χ1n) is 7.20. The van der Waals surface area contributed by atoms with Crippen molar-refractivity contribution in [3.63, 3.8) is 0 Å². The van der Waals surface area contributed by atoms with Crippen LogP contribution in [0.5, 0.6) is 0 Å². The zero-order valence-electron chi connectivity index (χ0n) is 12.2. The Balaban J connectivity index is 2.19. The first-order chi connectivity index (χ1) is 9.69. The molecule has 0 fully saturated rings. The molecule has 1 atom stereocenters. The molecule has 0 aliphatic carbocycles. The fourth-order valence-electron chi connectivity index (χ4n) is 2.50. The third-order valence-corrected chi connectivity index (χ3v) is 3.53. The van der Waals surface area contributed by atoms with Crippen LogP contribution in [0.2, 0.25) is 0 Å². The van der Waals surface area contributed by atoms with Crippen LogP contribution in [0, 0.1) is 12.7 Å². The molecule has 1 nitrogen and oxygen atoms in total. The number of rotatable bonds is 6. The maximum atomic E-state index is 13.3. The van der Waals surface area contributed by atoms with E-state index in [4.69, 9.17) is 0 Å². The molecule has 0 saturated carbocycles. The van der Waals surface area contributed by atoms with Gasteiger partial charge in [0.25, 0.3) is 0 Å². The normalized spacial score (nSPS) is 12.3. The van der Waals surface area contributed by atoms with Gasteiger partial charge in [-0.15, -0.1) is 0 Å². The van der Waals surface area contributed by atoms with Crippen LogP contribution in [0.15, 0.2) is 48.5 Å². The van der Waals surface area contributed by atoms with Crippen LogP contribution in [0.3, 0.4) is 0 Å². The summed E-state index contributed by atoms with van der Waals surface area (Å²) in [5, 5.41) is 3.41. The van der Waals surface area contributed by atoms with Gasteiger partial charge in [0.15, 0.2) is 0 Å². The average Bonchev–Trinajstić information content (AvgIpc) is 2.43. The van der Waals surface area contributed by atoms with Gasteiger partial charge < -0.3 is 5.32 Å². The van der Waals surface area contributed by atoms with Gasteiger partial charge in [0.2, 0.25) is 0 Å². The van der Waals surface area contributed by atoms with Crippen LogP contribution < -0.4 is 5.32 Å². The molecule has 0 radical (unpaired) electrons. The lowest BCUT2D eigenvalue weighted by molar-refractivity contribution is 0.588. The molecule has 2 aromatic rings. The van der Waals surface area contributed by atoms with Crippen molar-refractivity contribution < 1.29 is 4.39 Å². The van der Waals surface area contributed by atoms with E-state index in [1.807, 2.05) is 6.07 Å². The Kier molecular flexibility index (Phi) is 5.31. The Hall–Kier alpha value is -1.67. The van der Waals surface area contributed by atoms with Gasteiger partial charge in [-0.25, -0.2) is 4.39 Å². The molecule has 2 rings (SSSR count). The highest BCUT2D eigenvalue weighted by Crippen LogP contribution is 2.22. The predicted molar refractivity (Wildman–Crippen MR) is 82.6 cm³/mol. The number of likely N-dealkylation sites (N-methyl/N-ethyl adjacent to an activating group) is 1. The minimum atomic E-state index is -0.158. The van der Waals surface area contributed by atoms with Crippen LogP contribution in [0.4, 0.5) is 4.39 Å². The fourth-order valence-corrected chi connectivity index (χ4v) is 2.50. The second kappa shape index (κ2) is 7.20. The van der Waals surface area contributed by atoms with Gasteiger partial charge in [-0.2, -0.15) is 0 Å². The van der Waals surface area contributed by atoms with Gasteiger partial charge in [-0.05, 0) is 43.1 Å². The van der Waals surface area contributed by atoms with E-state index in [2.05, 4.69) is 43.4 Å². The standard InChI is InChI=1S/C18H22FN/c1-3-20-13-17(16-8-4-6-14(2)10-16)11-15-7-5-9-18(19)12-15/h4-10,12,17,20H,3,11,13H2,1-2H3. The lowest BCUT2D eigenvalue weighted by atomic mass is 9.91. The summed E-state index contributed by atoms with van der Waals surface area (Å²) in [6.45, 7) is 6.08. The van der Waals surface area contributed by atoms with Crippen molar-refractivity contribution in [2.75, 3.05) is 13.1 Å². The first-order valence-corrected chi connectivity index (χ1v) is 7.20. The Morgan fingerprint density at radius 1 is 1.10 bits per heavy atom. The van der Waals surface area contributed by atoms with Crippen molar-refractivity contribution in [2.45, 2.75) is 26.2 Å². The van der Waals surface area contributed by atoms with E-state index in [0.29, 0.717) is 5.92 Å². The molecular formula is C18H22FN. The highest BCUT2D eigenvalue weighted by molar-refractivity contribution is 5.28. The smallest absolute Gasteiger partial charge is 0.123 e. The minimum absolute atomic E-state index is 0.158. The van der Waals surface area contributed by atoms with Gasteiger partial charge in [0.05, 0.1) is 0 Å². The number of benzene rings is 2. The second-order valence-corrected chi connectivity index (χ2v) is 5.25. The first kappa shape index (κ1) is 14.7. The van der Waals surface area contributed by atoms with E-state index < -0.39 is 0 Å². The van der Waals surface area contributed by atoms with Crippen molar-refractivity contribution in [1.29, 1.82) is 0 Å². The summed E-state index contributed by atoms with van der Waals surface area (Å²) in [7, 11) is 0. The molecule has 20 heavy (non-hydrogen) atoms. The highest BCUT2D eigenvalue weighted by Gasteiger charge is 2.12. The maximum Gasteiger partial charge on any atom is 0.123 e. The topological polar surface area (TPSA) is 12.0 Å². The number of halogens is 1. The summed E-state index contributed by atoms with van der Waals surface area (Å²) in [5.74, 6) is 0.214. The lowest BCUT2D eigenvalue weighted by Crippen LogP contribution is -2.22. The van der Waals surface area contributed by atoms with Gasteiger partial charge in [0, 0.05) is 12.5 Å². The monoisotopic (exact) mass is 271 g/mol. The number of hydrogen-bond donors (Lipinski definition) is 1. The lowest BCUT2D eigenvalue weighted by Gasteiger charge is -2.18. The van der Waals surface area contributed by atoms with Crippen molar-refractivity contribution in [3.8, 4) is 0 Å². The summed E-state index contributed by atoms with van der Waals surface area (Å²) >= 11 is 0. The summed E-state index contributed by atoms with van der Waals surface area (Å²) < 4.78 is 13.3. The fraction of sp³-hybridized carbons (Fsp3) is 0.333. The third kappa shape index (κ3) is 4.17. The maximum absolute atomic E-state index is 13.3. The molecule has 106 valence electrons. The molecule has 1 N–H and O–H groups in total. The average molecular weight is 271 g/mol. The van der Waals surface area contributed by atoms with E-state index in [0.717, 1.165) is 25.1 Å². The molecule has 1 unspecified atom stereocenters. The van der Waals surface area contributed by atoms with Crippen LogP contribution in [-0.2, 0) is 6.42 Å². The van der Waals surface area contributed by atoms with Gasteiger partial charge >= 0.3 is 0 Å². The van der Waals surface area contributed by atoms with Gasteiger partial charge in [-0.3, -0.25) is 0 Å². The molecular weight excluding hydrogens is 249 g/mol. The van der Waals surface area contributed by atoms with E-state index in [1.165, 1.54) is 17.2 Å². The SMILES string of the molecule is CCNCC(Cc1cccc(F)c1)c1cccc(C)c1. The van der Waals surface area contributed by atoms with Crippen LogP contribution in [0.1, 0.15) is 29.5 Å². The van der Waals surface area contributed by atoms with E-state index >= 15 is 0 Å². The summed E-state index contributed by atoms with van der Waals surface area (Å²) in [6, 6.07) is 15.5. The second-order valence-electron chi connectivity index (χ2n) is 5.25. The molecule has 0 bridgehead atoms. The third-order valence-electron chi connectivity index (χ3n) is 3.53. The zero-order valence-corrected chi connectivity index (χ0v) is 12.2. The quantitative estimate of drug-likeness (QED) is 0.835. The Labute approximate surface area is 120 Å². The molecule has 0 aromatic heterocycles. The summed E-state index contributed by atoms with van der Waals surface area (Å²) in [6.07, 6.45) is 0.855. The zero-order chi connectivity index (χ0) is 14.4. The molecule has 0 amide bonds. The van der Waals surface area contributed by atoms with E-state index in [1.54, 1.807) is 12.1 Å². The molecule has 0 aliphatic rings. The predicted octanol–water partition coefficient (Wildman–Crippen LogP) is 4.07. The minimum Gasteiger partial charge on any atom is -0.316 e. The van der Waals surface area contributed by atoms with Crippen LogP contribution in [0.25, 0.3) is 0 Å². The summed E-state index contributed by atoms with van der Waals surface area (Å²) in [4.78, 5) is 0. The largest absolute Gasteiger partial charge is 0.316 e. The van der Waals surface area contributed by atoms with E-state index in [-0.39, 0.29) is 5.82 Å². The van der Waals surface area contributed by atoms with Crippen molar-refractivity contribution in [1.82, 2.24) is 5.32 Å². The highest BCUT2D eigenvalue weighted by atomic mass is 19.1. The van der Waals surface area contributed by atoms with Crippen molar-refractivity contribution in [2.24, 2.45) is 0 Å².